The number of carbonyl (C=O) groups excluding carboxylic acids is 1. The fourth-order valence-corrected chi connectivity index (χ4v) is 2.81. The number of imidazole rings is 1. The van der Waals surface area contributed by atoms with Gasteiger partial charge in [-0.1, -0.05) is 18.2 Å². The molecule has 2 N–H and O–H groups in total. The number of hydrogen-bond donors (Lipinski definition) is 2. The molecule has 2 heterocycles. The number of carbonyl (C=O) groups is 1. The van der Waals surface area contributed by atoms with Crippen LogP contribution in [0.4, 0.5) is 11.5 Å². The zero-order valence-electron chi connectivity index (χ0n) is 15.1. The van der Waals surface area contributed by atoms with E-state index in [1.807, 2.05) is 6.07 Å². The highest BCUT2D eigenvalue weighted by molar-refractivity contribution is 6.04. The van der Waals surface area contributed by atoms with Crippen molar-refractivity contribution in [2.24, 2.45) is 0 Å². The minimum Gasteiger partial charge on any atom is -0.338 e. The number of anilines is 1. The summed E-state index contributed by atoms with van der Waals surface area (Å²) in [6.07, 6.45) is 3.27. The minimum atomic E-state index is -0.446. The van der Waals surface area contributed by atoms with Gasteiger partial charge in [-0.3, -0.25) is 14.9 Å². The molecule has 2 aromatic heterocycles. The Labute approximate surface area is 165 Å². The van der Waals surface area contributed by atoms with E-state index >= 15 is 0 Å². The van der Waals surface area contributed by atoms with Gasteiger partial charge in [-0.05, 0) is 36.4 Å². The fraction of sp³-hybridized carbons (Fsp3) is 0. The molecule has 0 saturated carbocycles. The van der Waals surface area contributed by atoms with Crippen LogP contribution in [0, 0.1) is 10.1 Å². The molecular formula is C21H15N5O3. The minimum absolute atomic E-state index is 0.0205. The Morgan fingerprint density at radius 3 is 2.52 bits per heavy atom. The van der Waals surface area contributed by atoms with Gasteiger partial charge in [0.2, 0.25) is 0 Å². The van der Waals surface area contributed by atoms with Crippen molar-refractivity contribution < 1.29 is 9.72 Å². The molecule has 0 saturated heterocycles. The first-order chi connectivity index (χ1) is 14.1. The van der Waals surface area contributed by atoms with Crippen molar-refractivity contribution in [3.05, 3.63) is 94.8 Å². The predicted molar refractivity (Wildman–Crippen MR) is 108 cm³/mol. The van der Waals surface area contributed by atoms with E-state index in [1.165, 1.54) is 12.1 Å². The lowest BCUT2D eigenvalue weighted by molar-refractivity contribution is -0.384. The molecule has 0 fully saturated rings. The average molecular weight is 385 g/mol. The summed E-state index contributed by atoms with van der Waals surface area (Å²) in [6, 6.07) is 18.5. The molecule has 0 bridgehead atoms. The second-order valence-corrected chi connectivity index (χ2v) is 6.20. The van der Waals surface area contributed by atoms with Gasteiger partial charge in [-0.25, -0.2) is 9.97 Å². The van der Waals surface area contributed by atoms with Crippen LogP contribution in [-0.2, 0) is 0 Å². The van der Waals surface area contributed by atoms with Gasteiger partial charge in [0.1, 0.15) is 11.6 Å². The van der Waals surface area contributed by atoms with Gasteiger partial charge in [0, 0.05) is 35.0 Å². The van der Waals surface area contributed by atoms with Gasteiger partial charge in [0.05, 0.1) is 16.8 Å². The van der Waals surface area contributed by atoms with Crippen LogP contribution in [0.15, 0.2) is 79.1 Å². The number of nitrogens with zero attached hydrogens (tertiary/aromatic N) is 3. The summed E-state index contributed by atoms with van der Waals surface area (Å²) in [6.45, 7) is 0. The molecule has 4 aromatic rings. The number of nitro groups is 1. The monoisotopic (exact) mass is 385 g/mol. The number of amides is 1. The number of H-pyrrole nitrogens is 1. The van der Waals surface area contributed by atoms with Crippen LogP contribution in [0.25, 0.3) is 22.6 Å². The van der Waals surface area contributed by atoms with Gasteiger partial charge in [0.25, 0.3) is 11.6 Å². The van der Waals surface area contributed by atoms with E-state index in [4.69, 9.17) is 0 Å². The van der Waals surface area contributed by atoms with E-state index in [-0.39, 0.29) is 11.6 Å². The highest BCUT2D eigenvalue weighted by atomic mass is 16.6. The Morgan fingerprint density at radius 1 is 0.966 bits per heavy atom. The predicted octanol–water partition coefficient (Wildman–Crippen LogP) is 4.30. The van der Waals surface area contributed by atoms with E-state index in [0.717, 1.165) is 16.8 Å². The van der Waals surface area contributed by atoms with Crippen LogP contribution in [-0.4, -0.2) is 25.8 Å². The van der Waals surface area contributed by atoms with Crippen molar-refractivity contribution in [2.75, 3.05) is 5.32 Å². The number of aromatic amines is 1. The first kappa shape index (κ1) is 18.1. The lowest BCUT2D eigenvalue weighted by Gasteiger charge is -2.05. The molecular weight excluding hydrogens is 370 g/mol. The van der Waals surface area contributed by atoms with Gasteiger partial charge < -0.3 is 10.3 Å². The summed E-state index contributed by atoms with van der Waals surface area (Å²) in [7, 11) is 0. The van der Waals surface area contributed by atoms with Gasteiger partial charge in [-0.2, -0.15) is 0 Å². The lowest BCUT2D eigenvalue weighted by Crippen LogP contribution is -2.12. The van der Waals surface area contributed by atoms with Crippen LogP contribution in [0.5, 0.6) is 0 Å². The molecule has 2 aromatic carbocycles. The van der Waals surface area contributed by atoms with E-state index < -0.39 is 4.92 Å². The molecule has 0 radical (unpaired) electrons. The van der Waals surface area contributed by atoms with Crippen LogP contribution in [0.1, 0.15) is 10.4 Å². The molecule has 0 aliphatic carbocycles. The molecule has 29 heavy (non-hydrogen) atoms. The second kappa shape index (κ2) is 7.73. The molecule has 0 aliphatic heterocycles. The number of rotatable bonds is 5. The lowest BCUT2D eigenvalue weighted by atomic mass is 10.1. The molecule has 0 spiro atoms. The van der Waals surface area contributed by atoms with Gasteiger partial charge in [-0.15, -0.1) is 0 Å². The Kier molecular flexibility index (Phi) is 4.81. The number of benzene rings is 2. The highest BCUT2D eigenvalue weighted by Crippen LogP contribution is 2.24. The zero-order chi connectivity index (χ0) is 20.2. The molecule has 142 valence electrons. The highest BCUT2D eigenvalue weighted by Gasteiger charge is 2.11. The average Bonchev–Trinajstić information content (AvgIpc) is 3.25. The van der Waals surface area contributed by atoms with Crippen molar-refractivity contribution in [2.45, 2.75) is 0 Å². The number of nitrogens with one attached hydrogen (secondary N) is 2. The normalized spacial score (nSPS) is 10.5. The van der Waals surface area contributed by atoms with Crippen molar-refractivity contribution >= 4 is 17.4 Å². The summed E-state index contributed by atoms with van der Waals surface area (Å²) in [5, 5.41) is 13.5. The maximum Gasteiger partial charge on any atom is 0.269 e. The van der Waals surface area contributed by atoms with E-state index in [9.17, 15) is 14.9 Å². The molecule has 8 nitrogen and oxygen atoms in total. The first-order valence-electron chi connectivity index (χ1n) is 8.73. The van der Waals surface area contributed by atoms with E-state index in [0.29, 0.717) is 17.2 Å². The Morgan fingerprint density at radius 2 is 1.79 bits per heavy atom. The molecule has 0 unspecified atom stereocenters. The quantitative estimate of drug-likeness (QED) is 0.393. The molecule has 1 amide bonds. The summed E-state index contributed by atoms with van der Waals surface area (Å²) in [4.78, 5) is 34.4. The van der Waals surface area contributed by atoms with Crippen LogP contribution >= 0.6 is 0 Å². The topological polar surface area (TPSA) is 114 Å². The zero-order valence-corrected chi connectivity index (χ0v) is 15.1. The molecule has 4 rings (SSSR count). The van der Waals surface area contributed by atoms with Gasteiger partial charge >= 0.3 is 0 Å². The molecule has 0 atom stereocenters. The van der Waals surface area contributed by atoms with Gasteiger partial charge in [0.15, 0.2) is 0 Å². The summed E-state index contributed by atoms with van der Waals surface area (Å²) in [5.74, 6) is 0.795. The number of non-ortho nitro benzene ring substituents is 1. The smallest absolute Gasteiger partial charge is 0.269 e. The largest absolute Gasteiger partial charge is 0.338 e. The fourth-order valence-electron chi connectivity index (χ4n) is 2.81. The summed E-state index contributed by atoms with van der Waals surface area (Å²) >= 11 is 0. The molecule has 0 aliphatic rings. The Hall–Kier alpha value is -4.33. The van der Waals surface area contributed by atoms with Crippen molar-refractivity contribution in [1.82, 2.24) is 15.0 Å². The number of hydrogen-bond acceptors (Lipinski definition) is 5. The summed E-state index contributed by atoms with van der Waals surface area (Å²) < 4.78 is 0. The SMILES string of the molecule is O=C(Nc1ccccn1)c1cccc(-c2cnc(-c3ccc([N+](=O)[O-])cc3)[nH]2)c1. The molecule has 8 heteroatoms. The standard InChI is InChI=1S/C21H15N5O3/c27-21(25-19-6-1-2-11-22-19)16-5-3-4-15(12-16)18-13-23-20(24-18)14-7-9-17(10-8-14)26(28)29/h1-13H,(H,23,24)(H,22,25,27). The van der Waals surface area contributed by atoms with Crippen molar-refractivity contribution in [3.8, 4) is 22.6 Å². The second-order valence-electron chi connectivity index (χ2n) is 6.20. The maximum atomic E-state index is 12.5. The third-order valence-electron chi connectivity index (χ3n) is 4.27. The third-order valence-corrected chi connectivity index (χ3v) is 4.27. The third kappa shape index (κ3) is 4.01. The maximum absolute atomic E-state index is 12.5. The van der Waals surface area contributed by atoms with E-state index in [2.05, 4.69) is 20.3 Å². The van der Waals surface area contributed by atoms with Crippen LogP contribution in [0.3, 0.4) is 0 Å². The Bertz CT molecular complexity index is 1170. The van der Waals surface area contributed by atoms with Crippen LogP contribution in [0.2, 0.25) is 0 Å². The summed E-state index contributed by atoms with van der Waals surface area (Å²) in [5.41, 5.74) is 2.75. The first-order valence-corrected chi connectivity index (χ1v) is 8.73. The number of aromatic nitrogens is 3. The van der Waals surface area contributed by atoms with E-state index in [1.54, 1.807) is 60.9 Å². The van der Waals surface area contributed by atoms with Crippen molar-refractivity contribution in [1.29, 1.82) is 0 Å². The number of pyridine rings is 1. The Balaban J connectivity index is 1.56. The van der Waals surface area contributed by atoms with Crippen LogP contribution < -0.4 is 5.32 Å². The number of nitro benzene ring substituents is 1. The van der Waals surface area contributed by atoms with Crippen molar-refractivity contribution in [3.63, 3.8) is 0 Å².